The molecule has 0 atom stereocenters. The number of halogens is 1. The van der Waals surface area contributed by atoms with Gasteiger partial charge in [-0.25, -0.2) is 13.6 Å². The third-order valence-electron chi connectivity index (χ3n) is 1.99. The van der Waals surface area contributed by atoms with E-state index in [1.54, 1.807) is 12.1 Å². The molecule has 0 radical (unpaired) electrons. The van der Waals surface area contributed by atoms with Gasteiger partial charge in [0, 0.05) is 11.6 Å². The predicted octanol–water partition coefficient (Wildman–Crippen LogP) is 1.54. The molecular weight excluding hydrogens is 236 g/mol. The summed E-state index contributed by atoms with van der Waals surface area (Å²) in [6, 6.07) is 6.22. The molecule has 0 fully saturated rings. The highest BCUT2D eigenvalue weighted by Crippen LogP contribution is 2.26. The summed E-state index contributed by atoms with van der Waals surface area (Å²) in [6.45, 7) is 0. The van der Waals surface area contributed by atoms with Gasteiger partial charge in [0.2, 0.25) is 10.0 Å². The number of rotatable bonds is 1. The molecule has 0 amide bonds. The van der Waals surface area contributed by atoms with Crippen molar-refractivity contribution in [2.24, 2.45) is 5.14 Å². The van der Waals surface area contributed by atoms with Gasteiger partial charge < -0.3 is 0 Å². The Labute approximate surface area is 91.7 Å². The minimum Gasteiger partial charge on any atom is -0.255 e. The zero-order valence-electron chi connectivity index (χ0n) is 7.51. The van der Waals surface area contributed by atoms with E-state index in [2.05, 4.69) is 4.98 Å². The number of fused-ring (bicyclic) bond motifs is 1. The van der Waals surface area contributed by atoms with Crippen LogP contribution in [0, 0.1) is 0 Å². The predicted molar refractivity (Wildman–Crippen MR) is 58.1 cm³/mol. The third-order valence-corrected chi connectivity index (χ3v) is 3.26. The lowest BCUT2D eigenvalue weighted by molar-refractivity contribution is 0.598. The van der Waals surface area contributed by atoms with Crippen LogP contribution >= 0.6 is 11.6 Å². The molecule has 1 aromatic carbocycles. The van der Waals surface area contributed by atoms with Gasteiger partial charge in [0.25, 0.3) is 0 Å². The van der Waals surface area contributed by atoms with Crippen LogP contribution < -0.4 is 5.14 Å². The third kappa shape index (κ3) is 1.81. The van der Waals surface area contributed by atoms with E-state index in [1.165, 1.54) is 18.3 Å². The number of aromatic nitrogens is 1. The van der Waals surface area contributed by atoms with E-state index >= 15 is 0 Å². The fourth-order valence-electron chi connectivity index (χ4n) is 1.34. The molecule has 1 aromatic heterocycles. The largest absolute Gasteiger partial charge is 0.255 e. The zero-order chi connectivity index (χ0) is 11.1. The molecule has 0 aliphatic rings. The molecule has 4 nitrogen and oxygen atoms in total. The molecular formula is C9H7ClN2O2S. The summed E-state index contributed by atoms with van der Waals surface area (Å²) in [4.78, 5) is 3.95. The van der Waals surface area contributed by atoms with Crippen molar-refractivity contribution in [2.45, 2.75) is 4.90 Å². The quantitative estimate of drug-likeness (QED) is 0.824. The summed E-state index contributed by atoms with van der Waals surface area (Å²) in [5.41, 5.74) is 0.299. The van der Waals surface area contributed by atoms with Crippen molar-refractivity contribution < 1.29 is 8.42 Å². The lowest BCUT2D eigenvalue weighted by atomic mass is 10.2. The average molecular weight is 243 g/mol. The Balaban J connectivity index is 2.96. The van der Waals surface area contributed by atoms with Crippen LogP contribution in [0.4, 0.5) is 0 Å². The SMILES string of the molecule is NS(=O)(=O)c1ccc(Cl)c2cccnc12. The van der Waals surface area contributed by atoms with E-state index in [1.807, 2.05) is 0 Å². The summed E-state index contributed by atoms with van der Waals surface area (Å²) in [6.07, 6.45) is 1.49. The van der Waals surface area contributed by atoms with Crippen molar-refractivity contribution >= 4 is 32.5 Å². The highest BCUT2D eigenvalue weighted by Gasteiger charge is 2.14. The number of hydrogen-bond acceptors (Lipinski definition) is 3. The Morgan fingerprint density at radius 2 is 2.00 bits per heavy atom. The second-order valence-electron chi connectivity index (χ2n) is 2.99. The molecule has 1 heterocycles. The second kappa shape index (κ2) is 3.44. The number of hydrogen-bond donors (Lipinski definition) is 1. The molecule has 2 N–H and O–H groups in total. The molecule has 15 heavy (non-hydrogen) atoms. The molecule has 0 unspecified atom stereocenters. The van der Waals surface area contributed by atoms with Crippen LogP contribution in [0.15, 0.2) is 35.4 Å². The van der Waals surface area contributed by atoms with Gasteiger partial charge >= 0.3 is 0 Å². The fraction of sp³-hybridized carbons (Fsp3) is 0. The monoisotopic (exact) mass is 242 g/mol. The van der Waals surface area contributed by atoms with Gasteiger partial charge in [-0.05, 0) is 24.3 Å². The standard InChI is InChI=1S/C9H7ClN2O2S/c10-7-3-4-8(15(11,13)14)9-6(7)2-1-5-12-9/h1-5H,(H2,11,13,14). The molecule has 2 aromatic rings. The van der Waals surface area contributed by atoms with Crippen LogP contribution in [0.3, 0.4) is 0 Å². The Hall–Kier alpha value is -1.17. The summed E-state index contributed by atoms with van der Waals surface area (Å²) in [5.74, 6) is 0. The molecule has 78 valence electrons. The molecule has 0 spiro atoms. The van der Waals surface area contributed by atoms with E-state index in [0.717, 1.165) is 0 Å². The van der Waals surface area contributed by atoms with Crippen LogP contribution in [-0.4, -0.2) is 13.4 Å². The molecule has 0 saturated carbocycles. The van der Waals surface area contributed by atoms with Crippen molar-refractivity contribution in [1.29, 1.82) is 0 Å². The Morgan fingerprint density at radius 1 is 1.27 bits per heavy atom. The zero-order valence-corrected chi connectivity index (χ0v) is 9.09. The number of nitrogens with zero attached hydrogens (tertiary/aromatic N) is 1. The van der Waals surface area contributed by atoms with Crippen molar-refractivity contribution in [3.05, 3.63) is 35.5 Å². The molecule has 0 aliphatic carbocycles. The van der Waals surface area contributed by atoms with Crippen molar-refractivity contribution in [2.75, 3.05) is 0 Å². The van der Waals surface area contributed by atoms with E-state index in [9.17, 15) is 8.42 Å². The van der Waals surface area contributed by atoms with Gasteiger partial charge in [0.1, 0.15) is 4.90 Å². The lowest BCUT2D eigenvalue weighted by Crippen LogP contribution is -2.13. The molecule has 0 aliphatic heterocycles. The maximum Gasteiger partial charge on any atom is 0.240 e. The van der Waals surface area contributed by atoms with Crippen LogP contribution in [-0.2, 0) is 10.0 Å². The highest BCUT2D eigenvalue weighted by atomic mass is 35.5. The number of benzene rings is 1. The summed E-state index contributed by atoms with van der Waals surface area (Å²) in [5, 5.41) is 6.09. The van der Waals surface area contributed by atoms with E-state index in [4.69, 9.17) is 16.7 Å². The second-order valence-corrected chi connectivity index (χ2v) is 4.93. The van der Waals surface area contributed by atoms with E-state index in [0.29, 0.717) is 15.9 Å². The van der Waals surface area contributed by atoms with Gasteiger partial charge in [0.15, 0.2) is 0 Å². The van der Waals surface area contributed by atoms with Crippen molar-refractivity contribution in [1.82, 2.24) is 4.98 Å². The van der Waals surface area contributed by atoms with Crippen molar-refractivity contribution in [3.8, 4) is 0 Å². The maximum atomic E-state index is 11.3. The van der Waals surface area contributed by atoms with Crippen LogP contribution in [0.5, 0.6) is 0 Å². The molecule has 0 saturated heterocycles. The van der Waals surface area contributed by atoms with E-state index < -0.39 is 10.0 Å². The molecule has 6 heteroatoms. The smallest absolute Gasteiger partial charge is 0.240 e. The van der Waals surface area contributed by atoms with Crippen LogP contribution in [0.1, 0.15) is 0 Å². The topological polar surface area (TPSA) is 73.1 Å². The molecule has 0 bridgehead atoms. The van der Waals surface area contributed by atoms with Gasteiger partial charge in [-0.1, -0.05) is 11.6 Å². The summed E-state index contributed by atoms with van der Waals surface area (Å²) in [7, 11) is -3.77. The lowest BCUT2D eigenvalue weighted by Gasteiger charge is -2.04. The first kappa shape index (κ1) is 10.4. The van der Waals surface area contributed by atoms with E-state index in [-0.39, 0.29) is 4.90 Å². The summed E-state index contributed by atoms with van der Waals surface area (Å²) < 4.78 is 22.5. The maximum absolute atomic E-state index is 11.3. The fourth-order valence-corrected chi connectivity index (χ4v) is 2.25. The minimum atomic E-state index is -3.77. The number of pyridine rings is 1. The summed E-state index contributed by atoms with van der Waals surface area (Å²) >= 11 is 5.90. The Morgan fingerprint density at radius 3 is 2.67 bits per heavy atom. The average Bonchev–Trinajstić information content (AvgIpc) is 2.17. The number of sulfonamides is 1. The van der Waals surface area contributed by atoms with Crippen LogP contribution in [0.2, 0.25) is 5.02 Å². The van der Waals surface area contributed by atoms with Gasteiger partial charge in [-0.2, -0.15) is 0 Å². The number of nitrogens with two attached hydrogens (primary N) is 1. The molecule has 2 rings (SSSR count). The van der Waals surface area contributed by atoms with Gasteiger partial charge in [-0.15, -0.1) is 0 Å². The van der Waals surface area contributed by atoms with Gasteiger partial charge in [0.05, 0.1) is 10.5 Å². The minimum absolute atomic E-state index is 0.0116. The first-order valence-corrected chi connectivity index (χ1v) is 5.98. The number of primary sulfonamides is 1. The highest BCUT2D eigenvalue weighted by molar-refractivity contribution is 7.89. The normalized spacial score (nSPS) is 11.9. The Bertz CT molecular complexity index is 625. The first-order valence-electron chi connectivity index (χ1n) is 4.06. The van der Waals surface area contributed by atoms with Crippen LogP contribution in [0.25, 0.3) is 10.9 Å². The van der Waals surface area contributed by atoms with Crippen molar-refractivity contribution in [3.63, 3.8) is 0 Å². The first-order chi connectivity index (χ1) is 7.00. The van der Waals surface area contributed by atoms with Gasteiger partial charge in [-0.3, -0.25) is 4.98 Å². The Kier molecular flexibility index (Phi) is 2.38.